The van der Waals surface area contributed by atoms with Gasteiger partial charge in [-0.15, -0.1) is 0 Å². The number of nitrogens with zero attached hydrogens (tertiary/aromatic N) is 2. The highest BCUT2D eigenvalue weighted by molar-refractivity contribution is 6.37. The maximum atomic E-state index is 13.6. The third kappa shape index (κ3) is 3.41. The molecule has 2 aliphatic rings. The Labute approximate surface area is 172 Å². The number of imide groups is 2. The molecule has 4 rings (SSSR count). The number of nitrogens with one attached hydrogen (secondary N) is 1. The summed E-state index contributed by atoms with van der Waals surface area (Å²) in [6.07, 6.45) is 2.87. The van der Waals surface area contributed by atoms with E-state index >= 15 is 0 Å². The molecule has 0 aliphatic carbocycles. The third-order valence-corrected chi connectivity index (χ3v) is 5.31. The number of barbiturate groups is 1. The van der Waals surface area contributed by atoms with E-state index in [1.165, 1.54) is 31.5 Å². The quantitative estimate of drug-likeness (QED) is 0.622. The van der Waals surface area contributed by atoms with E-state index < -0.39 is 17.8 Å². The van der Waals surface area contributed by atoms with Gasteiger partial charge >= 0.3 is 6.03 Å². The van der Waals surface area contributed by atoms with Crippen LogP contribution in [0, 0.1) is 5.82 Å². The summed E-state index contributed by atoms with van der Waals surface area (Å²) in [5, 5.41) is 2.21. The second-order valence-corrected chi connectivity index (χ2v) is 7.21. The van der Waals surface area contributed by atoms with Crippen LogP contribution in [0.3, 0.4) is 0 Å². The number of halogens is 1. The molecule has 1 fully saturated rings. The predicted octanol–water partition coefficient (Wildman–Crippen LogP) is 3.14. The topological polar surface area (TPSA) is 79.0 Å². The summed E-state index contributed by atoms with van der Waals surface area (Å²) in [6.45, 7) is 1.96. The molecule has 0 aromatic heterocycles. The number of urea groups is 1. The number of hydrogen-bond donors (Lipinski definition) is 1. The largest absolute Gasteiger partial charge is 0.497 e. The highest BCUT2D eigenvalue weighted by Crippen LogP contribution is 2.33. The number of anilines is 2. The summed E-state index contributed by atoms with van der Waals surface area (Å²) in [5.41, 5.74) is 1.63. The molecule has 30 heavy (non-hydrogen) atoms. The van der Waals surface area contributed by atoms with Gasteiger partial charge in [0.25, 0.3) is 11.8 Å². The lowest BCUT2D eigenvalue weighted by molar-refractivity contribution is -0.122. The summed E-state index contributed by atoms with van der Waals surface area (Å²) in [7, 11) is 1.48. The van der Waals surface area contributed by atoms with E-state index in [4.69, 9.17) is 4.74 Å². The Morgan fingerprint density at radius 1 is 1.17 bits per heavy atom. The molecule has 0 bridgehead atoms. The van der Waals surface area contributed by atoms with E-state index in [0.717, 1.165) is 22.6 Å². The third-order valence-electron chi connectivity index (χ3n) is 5.31. The molecular weight excluding hydrogens is 389 g/mol. The Morgan fingerprint density at radius 2 is 1.97 bits per heavy atom. The summed E-state index contributed by atoms with van der Waals surface area (Å²) in [6, 6.07) is 10.0. The smallest absolute Gasteiger partial charge is 0.335 e. The number of fused-ring (bicyclic) bond motifs is 1. The van der Waals surface area contributed by atoms with Crippen LogP contribution in [0.5, 0.6) is 5.75 Å². The molecule has 0 saturated carbocycles. The summed E-state index contributed by atoms with van der Waals surface area (Å²) < 4.78 is 18.8. The SMILES string of the molecule is COc1cccc(N2C(=O)NC(=O)/C(=C/N3c4ccc(F)cc4CCC3C)C2=O)c1. The number of benzene rings is 2. The molecule has 2 aromatic rings. The first-order valence-electron chi connectivity index (χ1n) is 9.51. The number of hydrogen-bond acceptors (Lipinski definition) is 5. The van der Waals surface area contributed by atoms with E-state index in [1.807, 2.05) is 6.92 Å². The molecule has 1 atom stereocenters. The van der Waals surface area contributed by atoms with Crippen molar-refractivity contribution < 1.29 is 23.5 Å². The standard InChI is InChI=1S/C22H20FN3O4/c1-13-6-7-14-10-15(23)8-9-19(14)25(13)12-18-20(27)24-22(29)26(21(18)28)16-4-3-5-17(11-16)30-2/h3-5,8-13H,6-7H2,1-2H3,(H,24,27,29)/b18-12-. The molecule has 2 aliphatic heterocycles. The maximum Gasteiger partial charge on any atom is 0.335 e. The highest BCUT2D eigenvalue weighted by Gasteiger charge is 2.38. The first-order chi connectivity index (χ1) is 14.4. The van der Waals surface area contributed by atoms with Crippen LogP contribution >= 0.6 is 0 Å². The van der Waals surface area contributed by atoms with Gasteiger partial charge in [-0.25, -0.2) is 14.1 Å². The molecule has 0 radical (unpaired) electrons. The zero-order valence-corrected chi connectivity index (χ0v) is 16.5. The van der Waals surface area contributed by atoms with Crippen LogP contribution in [0.25, 0.3) is 0 Å². The fourth-order valence-corrected chi connectivity index (χ4v) is 3.71. The van der Waals surface area contributed by atoms with E-state index in [2.05, 4.69) is 5.32 Å². The molecule has 1 N–H and O–H groups in total. The normalized spacial score (nSPS) is 20.3. The van der Waals surface area contributed by atoms with Gasteiger partial charge in [0.15, 0.2) is 0 Å². The monoisotopic (exact) mass is 409 g/mol. The zero-order valence-electron chi connectivity index (χ0n) is 16.5. The van der Waals surface area contributed by atoms with Gasteiger partial charge in [0.1, 0.15) is 17.1 Å². The van der Waals surface area contributed by atoms with E-state index in [1.54, 1.807) is 29.2 Å². The van der Waals surface area contributed by atoms with Gasteiger partial charge in [0.05, 0.1) is 12.8 Å². The Morgan fingerprint density at radius 3 is 2.73 bits per heavy atom. The number of carbonyl (C=O) groups excluding carboxylic acids is 3. The average Bonchev–Trinajstić information content (AvgIpc) is 2.72. The molecule has 4 amide bonds. The Kier molecular flexibility index (Phi) is 4.99. The first-order valence-corrected chi connectivity index (χ1v) is 9.51. The number of methoxy groups -OCH3 is 1. The lowest BCUT2D eigenvalue weighted by Crippen LogP contribution is -2.55. The van der Waals surface area contributed by atoms with Crippen LogP contribution in [0.1, 0.15) is 18.9 Å². The van der Waals surface area contributed by atoms with E-state index in [0.29, 0.717) is 12.2 Å². The minimum atomic E-state index is -0.829. The summed E-state index contributed by atoms with van der Waals surface area (Å²) in [5.74, 6) is -1.38. The van der Waals surface area contributed by atoms with Crippen molar-refractivity contribution in [3.05, 3.63) is 65.6 Å². The van der Waals surface area contributed by atoms with Crippen LogP contribution in [-0.2, 0) is 16.0 Å². The van der Waals surface area contributed by atoms with Gasteiger partial charge in [-0.1, -0.05) is 6.07 Å². The van der Waals surface area contributed by atoms with Crippen molar-refractivity contribution in [3.63, 3.8) is 0 Å². The van der Waals surface area contributed by atoms with Crippen LogP contribution in [0.15, 0.2) is 54.2 Å². The fourth-order valence-electron chi connectivity index (χ4n) is 3.71. The Hall–Kier alpha value is -3.68. The fraction of sp³-hybridized carbons (Fsp3) is 0.227. The molecule has 1 saturated heterocycles. The first kappa shape index (κ1) is 19.6. The zero-order chi connectivity index (χ0) is 21.4. The van der Waals surface area contributed by atoms with E-state index in [9.17, 15) is 18.8 Å². The molecule has 2 aromatic carbocycles. The number of amides is 4. The molecule has 2 heterocycles. The lowest BCUT2D eigenvalue weighted by Gasteiger charge is -2.36. The Bertz CT molecular complexity index is 1080. The number of ether oxygens (including phenoxy) is 1. The highest BCUT2D eigenvalue weighted by atomic mass is 19.1. The molecule has 154 valence electrons. The van der Waals surface area contributed by atoms with Crippen LogP contribution in [-0.4, -0.2) is 31.0 Å². The predicted molar refractivity (Wildman–Crippen MR) is 109 cm³/mol. The molecule has 8 heteroatoms. The van der Waals surface area contributed by atoms with Crippen molar-refractivity contribution in [2.24, 2.45) is 0 Å². The maximum absolute atomic E-state index is 13.6. The Balaban J connectivity index is 1.75. The van der Waals surface area contributed by atoms with E-state index in [-0.39, 0.29) is 23.1 Å². The van der Waals surface area contributed by atoms with Crippen molar-refractivity contribution in [1.29, 1.82) is 0 Å². The number of rotatable bonds is 3. The summed E-state index contributed by atoms with van der Waals surface area (Å²) in [4.78, 5) is 40.7. The molecule has 7 nitrogen and oxygen atoms in total. The number of carbonyl (C=O) groups is 3. The minimum Gasteiger partial charge on any atom is -0.497 e. The van der Waals surface area contributed by atoms with Gasteiger partial charge < -0.3 is 9.64 Å². The van der Waals surface area contributed by atoms with Gasteiger partial charge in [0, 0.05) is 24.0 Å². The van der Waals surface area contributed by atoms with Crippen LogP contribution < -0.4 is 19.9 Å². The average molecular weight is 409 g/mol. The molecule has 1 unspecified atom stereocenters. The van der Waals surface area contributed by atoms with Crippen molar-refractivity contribution in [3.8, 4) is 5.75 Å². The van der Waals surface area contributed by atoms with Crippen molar-refractivity contribution in [2.45, 2.75) is 25.8 Å². The van der Waals surface area contributed by atoms with Crippen molar-refractivity contribution in [2.75, 3.05) is 16.9 Å². The summed E-state index contributed by atoms with van der Waals surface area (Å²) >= 11 is 0. The minimum absolute atomic E-state index is 0.0149. The molecule has 0 spiro atoms. The lowest BCUT2D eigenvalue weighted by atomic mass is 9.96. The van der Waals surface area contributed by atoms with Gasteiger partial charge in [-0.05, 0) is 55.7 Å². The van der Waals surface area contributed by atoms with Crippen LogP contribution in [0.2, 0.25) is 0 Å². The second-order valence-electron chi connectivity index (χ2n) is 7.21. The van der Waals surface area contributed by atoms with Gasteiger partial charge in [0.2, 0.25) is 0 Å². The van der Waals surface area contributed by atoms with Crippen molar-refractivity contribution >= 4 is 29.2 Å². The number of aryl methyl sites for hydroxylation is 1. The molecular formula is C22H20FN3O4. The van der Waals surface area contributed by atoms with Crippen molar-refractivity contribution in [1.82, 2.24) is 5.32 Å². The van der Waals surface area contributed by atoms with Gasteiger partial charge in [-0.3, -0.25) is 14.9 Å². The second kappa shape index (κ2) is 7.62. The van der Waals surface area contributed by atoms with Crippen LogP contribution in [0.4, 0.5) is 20.6 Å². The van der Waals surface area contributed by atoms with Gasteiger partial charge in [-0.2, -0.15) is 0 Å².